The second kappa shape index (κ2) is 8.32. The summed E-state index contributed by atoms with van der Waals surface area (Å²) in [6, 6.07) is 12.7. The van der Waals surface area contributed by atoms with Crippen molar-refractivity contribution >= 4 is 21.7 Å². The summed E-state index contributed by atoms with van der Waals surface area (Å²) in [6.07, 6.45) is 4.12. The van der Waals surface area contributed by atoms with E-state index in [9.17, 15) is 13.2 Å². The molecule has 7 heteroatoms. The monoisotopic (exact) mass is 371 g/mol. The number of nitriles is 1. The molecule has 0 radical (unpaired) electrons. The summed E-state index contributed by atoms with van der Waals surface area (Å²) in [7, 11) is -1.81. The summed E-state index contributed by atoms with van der Waals surface area (Å²) >= 11 is 0. The first-order chi connectivity index (χ1) is 12.3. The number of methoxy groups -OCH3 is 1. The summed E-state index contributed by atoms with van der Waals surface area (Å²) < 4.78 is 33.3. The maximum atomic E-state index is 12.2. The zero-order chi connectivity index (χ0) is 19.2. The van der Waals surface area contributed by atoms with E-state index >= 15 is 0 Å². The molecule has 0 aromatic heterocycles. The van der Waals surface area contributed by atoms with Gasteiger partial charge in [0, 0.05) is 11.8 Å². The van der Waals surface area contributed by atoms with Crippen molar-refractivity contribution in [3.8, 4) is 17.6 Å². The van der Waals surface area contributed by atoms with Crippen molar-refractivity contribution in [3.05, 3.63) is 59.7 Å². The number of hydrogen-bond acceptors (Lipinski definition) is 6. The quantitative estimate of drug-likeness (QED) is 0.549. The minimum Gasteiger partial charge on any atom is -0.493 e. The van der Waals surface area contributed by atoms with Crippen molar-refractivity contribution in [1.82, 2.24) is 0 Å². The second-order valence-electron chi connectivity index (χ2n) is 5.35. The van der Waals surface area contributed by atoms with E-state index in [1.807, 2.05) is 6.07 Å². The lowest BCUT2D eigenvalue weighted by Crippen LogP contribution is -1.99. The number of allylic oxidation sites excluding steroid dienone is 1. The number of ether oxygens (including phenoxy) is 2. The van der Waals surface area contributed by atoms with Crippen LogP contribution in [0, 0.1) is 11.3 Å². The van der Waals surface area contributed by atoms with E-state index in [0.29, 0.717) is 22.6 Å². The highest BCUT2D eigenvalue weighted by molar-refractivity contribution is 7.90. The third-order valence-corrected chi connectivity index (χ3v) is 4.60. The Hall–Kier alpha value is -3.11. The summed E-state index contributed by atoms with van der Waals surface area (Å²) in [4.78, 5) is 12.4. The summed E-state index contributed by atoms with van der Waals surface area (Å²) in [5.74, 6) is 0.634. The zero-order valence-electron chi connectivity index (χ0n) is 14.3. The fourth-order valence-corrected chi connectivity index (χ4v) is 2.78. The second-order valence-corrected chi connectivity index (χ2v) is 7.37. The van der Waals surface area contributed by atoms with Gasteiger partial charge in [0.25, 0.3) is 0 Å². The van der Waals surface area contributed by atoms with E-state index in [2.05, 4.69) is 0 Å². The summed E-state index contributed by atoms with van der Waals surface area (Å²) in [6.45, 7) is -0.0898. The molecule has 6 nitrogen and oxygen atoms in total. The van der Waals surface area contributed by atoms with Crippen molar-refractivity contribution in [2.75, 3.05) is 20.0 Å². The minimum atomic E-state index is -3.29. The van der Waals surface area contributed by atoms with Crippen LogP contribution < -0.4 is 9.47 Å². The van der Waals surface area contributed by atoms with Gasteiger partial charge in [-0.2, -0.15) is 5.26 Å². The normalized spacial score (nSPS) is 11.1. The Bertz CT molecular complexity index is 970. The number of hydrogen-bond donors (Lipinski definition) is 0. The van der Waals surface area contributed by atoms with Crippen LogP contribution in [0.25, 0.3) is 6.08 Å². The average molecular weight is 371 g/mol. The molecule has 0 bridgehead atoms. The molecule has 2 aromatic rings. The maximum Gasteiger partial charge on any atom is 0.185 e. The van der Waals surface area contributed by atoms with Crippen LogP contribution in [0.2, 0.25) is 0 Å². The van der Waals surface area contributed by atoms with Crippen LogP contribution in [0.4, 0.5) is 0 Å². The highest BCUT2D eigenvalue weighted by Gasteiger charge is 2.09. The van der Waals surface area contributed by atoms with E-state index < -0.39 is 9.84 Å². The van der Waals surface area contributed by atoms with E-state index in [1.165, 1.54) is 37.5 Å². The lowest BCUT2D eigenvalue weighted by Gasteiger charge is -2.08. The van der Waals surface area contributed by atoms with Gasteiger partial charge in [-0.05, 0) is 48.0 Å². The smallest absolute Gasteiger partial charge is 0.185 e. The average Bonchev–Trinajstić information content (AvgIpc) is 2.64. The fraction of sp³-hybridized carbons (Fsp3) is 0.158. The molecule has 2 rings (SSSR count). The molecule has 0 heterocycles. The molecule has 0 aliphatic carbocycles. The zero-order valence-corrected chi connectivity index (χ0v) is 15.1. The van der Waals surface area contributed by atoms with Gasteiger partial charge >= 0.3 is 0 Å². The van der Waals surface area contributed by atoms with Gasteiger partial charge in [0.15, 0.2) is 33.7 Å². The van der Waals surface area contributed by atoms with Gasteiger partial charge in [-0.1, -0.05) is 12.1 Å². The topological polar surface area (TPSA) is 93.5 Å². The highest BCUT2D eigenvalue weighted by Crippen LogP contribution is 2.28. The van der Waals surface area contributed by atoms with Gasteiger partial charge in [-0.3, -0.25) is 4.79 Å². The molecule has 0 amide bonds. The molecule has 0 N–H and O–H groups in total. The first kappa shape index (κ1) is 19.2. The van der Waals surface area contributed by atoms with E-state index in [0.717, 1.165) is 6.26 Å². The van der Waals surface area contributed by atoms with E-state index in [1.54, 1.807) is 24.3 Å². The van der Waals surface area contributed by atoms with Crippen molar-refractivity contribution in [1.29, 1.82) is 5.26 Å². The Morgan fingerprint density at radius 2 is 1.85 bits per heavy atom. The Morgan fingerprint density at radius 3 is 2.42 bits per heavy atom. The maximum absolute atomic E-state index is 12.2. The van der Waals surface area contributed by atoms with Crippen molar-refractivity contribution in [3.63, 3.8) is 0 Å². The minimum absolute atomic E-state index is 0.0898. The number of carbonyl (C=O) groups excluding carboxylic acids is 1. The number of benzene rings is 2. The van der Waals surface area contributed by atoms with Crippen LogP contribution in [0.15, 0.2) is 53.4 Å². The number of sulfone groups is 1. The largest absolute Gasteiger partial charge is 0.493 e. The van der Waals surface area contributed by atoms with Crippen molar-refractivity contribution in [2.24, 2.45) is 0 Å². The Labute approximate surface area is 152 Å². The third kappa shape index (κ3) is 4.94. The van der Waals surface area contributed by atoms with Crippen molar-refractivity contribution in [2.45, 2.75) is 4.90 Å². The van der Waals surface area contributed by atoms with Crippen LogP contribution in [-0.4, -0.2) is 34.2 Å². The highest BCUT2D eigenvalue weighted by atomic mass is 32.2. The van der Waals surface area contributed by atoms with Gasteiger partial charge < -0.3 is 9.47 Å². The van der Waals surface area contributed by atoms with Crippen LogP contribution in [0.3, 0.4) is 0 Å². The molecule has 0 spiro atoms. The molecule has 26 heavy (non-hydrogen) atoms. The van der Waals surface area contributed by atoms with Crippen LogP contribution >= 0.6 is 0 Å². The molecule has 0 atom stereocenters. The first-order valence-electron chi connectivity index (χ1n) is 7.55. The fourth-order valence-electron chi connectivity index (χ4n) is 2.15. The molecule has 0 saturated heterocycles. The molecule has 0 aliphatic rings. The Kier molecular flexibility index (Phi) is 6.15. The predicted molar refractivity (Wildman–Crippen MR) is 97.0 cm³/mol. The van der Waals surface area contributed by atoms with Gasteiger partial charge in [0.1, 0.15) is 6.07 Å². The lowest BCUT2D eigenvalue weighted by molar-refractivity contribution is 0.104. The lowest BCUT2D eigenvalue weighted by atomic mass is 10.1. The van der Waals surface area contributed by atoms with Crippen LogP contribution in [0.5, 0.6) is 11.5 Å². The SMILES string of the molecule is COc1cc(/C=C/C(=O)c2ccc(S(C)(=O)=O)cc2)ccc1OCC#N. The molecular formula is C19H17NO5S. The molecule has 0 unspecified atom stereocenters. The standard InChI is InChI=1S/C19H17NO5S/c1-24-19-13-14(4-10-18(19)25-12-11-20)3-9-17(21)15-5-7-16(8-6-15)26(2,22)23/h3-10,13H,12H2,1-2H3/b9-3+. The van der Waals surface area contributed by atoms with Gasteiger partial charge in [-0.15, -0.1) is 0 Å². The molecular weight excluding hydrogens is 354 g/mol. The van der Waals surface area contributed by atoms with Gasteiger partial charge in [-0.25, -0.2) is 8.42 Å². The Balaban J connectivity index is 2.16. The predicted octanol–water partition coefficient (Wildman–Crippen LogP) is 2.90. The number of ketones is 1. The molecule has 0 aliphatic heterocycles. The van der Waals surface area contributed by atoms with Crippen molar-refractivity contribution < 1.29 is 22.7 Å². The molecule has 134 valence electrons. The number of carbonyl (C=O) groups is 1. The molecule has 0 saturated carbocycles. The van der Waals surface area contributed by atoms with Crippen LogP contribution in [-0.2, 0) is 9.84 Å². The third-order valence-electron chi connectivity index (χ3n) is 3.47. The van der Waals surface area contributed by atoms with E-state index in [-0.39, 0.29) is 17.3 Å². The number of rotatable bonds is 7. The Morgan fingerprint density at radius 1 is 1.15 bits per heavy atom. The van der Waals surface area contributed by atoms with Crippen LogP contribution in [0.1, 0.15) is 15.9 Å². The van der Waals surface area contributed by atoms with Gasteiger partial charge in [0.2, 0.25) is 0 Å². The molecule has 0 fully saturated rings. The summed E-state index contributed by atoms with van der Waals surface area (Å²) in [5, 5.41) is 8.56. The summed E-state index contributed by atoms with van der Waals surface area (Å²) in [5.41, 5.74) is 1.10. The van der Waals surface area contributed by atoms with E-state index in [4.69, 9.17) is 14.7 Å². The molecule has 2 aromatic carbocycles. The first-order valence-corrected chi connectivity index (χ1v) is 9.44. The number of nitrogens with zero attached hydrogens (tertiary/aromatic N) is 1. The van der Waals surface area contributed by atoms with Gasteiger partial charge in [0.05, 0.1) is 12.0 Å².